The summed E-state index contributed by atoms with van der Waals surface area (Å²) in [5, 5.41) is 3.78. The average molecular weight is 326 g/mol. The van der Waals surface area contributed by atoms with Gasteiger partial charge in [0.1, 0.15) is 5.75 Å². The van der Waals surface area contributed by atoms with Crippen LogP contribution in [-0.2, 0) is 11.8 Å². The van der Waals surface area contributed by atoms with Crippen molar-refractivity contribution in [3.63, 3.8) is 0 Å². The van der Waals surface area contributed by atoms with Crippen LogP contribution in [0.1, 0.15) is 43.2 Å². The predicted octanol–water partition coefficient (Wildman–Crippen LogP) is 2.97. The maximum atomic E-state index is 5.58. The number of piperidine rings is 1. The maximum absolute atomic E-state index is 5.58. The summed E-state index contributed by atoms with van der Waals surface area (Å²) >= 11 is 0. The smallest absolute Gasteiger partial charge is 0.119 e. The molecule has 0 radical (unpaired) electrons. The van der Waals surface area contributed by atoms with Crippen molar-refractivity contribution in [1.82, 2.24) is 10.2 Å². The van der Waals surface area contributed by atoms with Gasteiger partial charge in [0.15, 0.2) is 0 Å². The van der Waals surface area contributed by atoms with Gasteiger partial charge in [0, 0.05) is 24.5 Å². The highest BCUT2D eigenvalue weighted by molar-refractivity contribution is 5.46. The van der Waals surface area contributed by atoms with E-state index in [2.05, 4.69) is 28.4 Å². The third-order valence-corrected chi connectivity index (χ3v) is 7.27. The molecule has 4 aliphatic rings. The van der Waals surface area contributed by atoms with Gasteiger partial charge in [-0.05, 0) is 86.7 Å². The second-order valence-corrected chi connectivity index (χ2v) is 8.56. The molecule has 2 bridgehead atoms. The molecular weight excluding hydrogens is 296 g/mol. The molecule has 3 nitrogen and oxygen atoms in total. The number of ether oxygens (including phenoxy) is 1. The van der Waals surface area contributed by atoms with Gasteiger partial charge in [-0.3, -0.25) is 4.90 Å². The minimum Gasteiger partial charge on any atom is -0.497 e. The average Bonchev–Trinajstić information content (AvgIpc) is 3.43. The molecule has 2 heterocycles. The van der Waals surface area contributed by atoms with Gasteiger partial charge in [-0.2, -0.15) is 0 Å². The molecule has 2 aliphatic heterocycles. The molecule has 2 saturated heterocycles. The van der Waals surface area contributed by atoms with Crippen molar-refractivity contribution in [1.29, 1.82) is 0 Å². The molecule has 1 aromatic carbocycles. The van der Waals surface area contributed by atoms with Crippen LogP contribution in [0.15, 0.2) is 18.2 Å². The largest absolute Gasteiger partial charge is 0.497 e. The minimum atomic E-state index is 0.337. The molecule has 1 aromatic rings. The first-order valence-corrected chi connectivity index (χ1v) is 9.92. The SMILES string of the molecule is COc1ccc2c(c1)[C@]13CCN(CC4CC4)[C@H](C2)[C@@H]1CCCNC3. The number of nitrogens with one attached hydrogen (secondary N) is 1. The first kappa shape index (κ1) is 15.2. The second kappa shape index (κ2) is 5.74. The van der Waals surface area contributed by atoms with E-state index in [0.717, 1.165) is 30.2 Å². The van der Waals surface area contributed by atoms with E-state index in [-0.39, 0.29) is 0 Å². The minimum absolute atomic E-state index is 0.337. The van der Waals surface area contributed by atoms with E-state index in [0.29, 0.717) is 5.41 Å². The summed E-state index contributed by atoms with van der Waals surface area (Å²) in [4.78, 5) is 2.87. The molecule has 0 unspecified atom stereocenters. The van der Waals surface area contributed by atoms with Crippen LogP contribution >= 0.6 is 0 Å². The molecule has 0 spiro atoms. The summed E-state index contributed by atoms with van der Waals surface area (Å²) in [7, 11) is 1.80. The van der Waals surface area contributed by atoms with Crippen molar-refractivity contribution in [2.75, 3.05) is 33.3 Å². The van der Waals surface area contributed by atoms with E-state index < -0.39 is 0 Å². The van der Waals surface area contributed by atoms with Gasteiger partial charge in [-0.25, -0.2) is 0 Å². The van der Waals surface area contributed by atoms with E-state index in [1.807, 2.05) is 0 Å². The van der Waals surface area contributed by atoms with Crippen molar-refractivity contribution < 1.29 is 4.74 Å². The van der Waals surface area contributed by atoms with Crippen LogP contribution in [0.5, 0.6) is 5.75 Å². The fourth-order valence-corrected chi connectivity index (χ4v) is 5.87. The highest BCUT2D eigenvalue weighted by atomic mass is 16.5. The zero-order valence-electron chi connectivity index (χ0n) is 14.9. The number of benzene rings is 1. The summed E-state index contributed by atoms with van der Waals surface area (Å²) in [6.07, 6.45) is 8.21. The molecule has 1 saturated carbocycles. The molecule has 24 heavy (non-hydrogen) atoms. The van der Waals surface area contributed by atoms with Crippen LogP contribution in [0.3, 0.4) is 0 Å². The Labute approximate surface area is 145 Å². The molecule has 5 rings (SSSR count). The van der Waals surface area contributed by atoms with Crippen LogP contribution in [0, 0.1) is 11.8 Å². The summed E-state index contributed by atoms with van der Waals surface area (Å²) in [6, 6.07) is 7.65. The maximum Gasteiger partial charge on any atom is 0.119 e. The first-order valence-electron chi connectivity index (χ1n) is 9.92. The van der Waals surface area contributed by atoms with Gasteiger partial charge < -0.3 is 10.1 Å². The van der Waals surface area contributed by atoms with Crippen molar-refractivity contribution in [3.8, 4) is 5.75 Å². The quantitative estimate of drug-likeness (QED) is 0.924. The molecule has 2 aliphatic carbocycles. The molecule has 3 heteroatoms. The molecule has 0 aromatic heterocycles. The Kier molecular flexibility index (Phi) is 3.64. The van der Waals surface area contributed by atoms with Gasteiger partial charge in [-0.15, -0.1) is 0 Å². The van der Waals surface area contributed by atoms with Crippen LogP contribution in [-0.4, -0.2) is 44.2 Å². The Morgan fingerprint density at radius 2 is 2.21 bits per heavy atom. The standard InChI is InChI=1S/C21H30N2O/c1-24-17-7-6-16-11-20-18-3-2-9-22-14-21(18,19(16)12-17)8-10-23(20)13-15-4-5-15/h6-7,12,15,18,20,22H,2-5,8-11,13-14H2,1H3/t18-,20+,21-/m0/s1. The number of hydrogen-bond acceptors (Lipinski definition) is 3. The number of fused-ring (bicyclic) bond motifs is 1. The Hall–Kier alpha value is -1.06. The Morgan fingerprint density at radius 1 is 1.29 bits per heavy atom. The molecule has 0 amide bonds. The van der Waals surface area contributed by atoms with Crippen molar-refractivity contribution in [3.05, 3.63) is 29.3 Å². The Balaban J connectivity index is 1.58. The molecule has 3 atom stereocenters. The summed E-state index contributed by atoms with van der Waals surface area (Å²) in [5.74, 6) is 2.85. The Morgan fingerprint density at radius 3 is 3.04 bits per heavy atom. The van der Waals surface area contributed by atoms with E-state index in [1.165, 1.54) is 58.2 Å². The van der Waals surface area contributed by atoms with E-state index in [1.54, 1.807) is 18.2 Å². The van der Waals surface area contributed by atoms with Crippen LogP contribution in [0.25, 0.3) is 0 Å². The lowest BCUT2D eigenvalue weighted by molar-refractivity contribution is 0.0120. The first-order chi connectivity index (χ1) is 11.8. The van der Waals surface area contributed by atoms with Gasteiger partial charge in [0.05, 0.1) is 7.11 Å². The number of nitrogens with zero attached hydrogens (tertiary/aromatic N) is 1. The summed E-state index contributed by atoms with van der Waals surface area (Å²) in [6.45, 7) is 4.99. The number of methoxy groups -OCH3 is 1. The Bertz CT molecular complexity index is 626. The highest BCUT2D eigenvalue weighted by Gasteiger charge is 2.53. The van der Waals surface area contributed by atoms with Gasteiger partial charge in [0.2, 0.25) is 0 Å². The van der Waals surface area contributed by atoms with E-state index in [4.69, 9.17) is 4.74 Å². The fourth-order valence-electron chi connectivity index (χ4n) is 5.87. The van der Waals surface area contributed by atoms with Crippen molar-refractivity contribution in [2.24, 2.45) is 11.8 Å². The number of rotatable bonds is 3. The van der Waals surface area contributed by atoms with E-state index in [9.17, 15) is 0 Å². The number of hydrogen-bond donors (Lipinski definition) is 1. The molecule has 1 N–H and O–H groups in total. The second-order valence-electron chi connectivity index (χ2n) is 8.56. The molecular formula is C21H30N2O. The number of likely N-dealkylation sites (tertiary alicyclic amines) is 1. The van der Waals surface area contributed by atoms with Crippen LogP contribution < -0.4 is 10.1 Å². The topological polar surface area (TPSA) is 24.5 Å². The predicted molar refractivity (Wildman–Crippen MR) is 96.7 cm³/mol. The summed E-state index contributed by atoms with van der Waals surface area (Å²) < 4.78 is 5.58. The van der Waals surface area contributed by atoms with Crippen molar-refractivity contribution in [2.45, 2.75) is 50.0 Å². The van der Waals surface area contributed by atoms with E-state index >= 15 is 0 Å². The van der Waals surface area contributed by atoms with Crippen LogP contribution in [0.2, 0.25) is 0 Å². The van der Waals surface area contributed by atoms with Crippen LogP contribution in [0.4, 0.5) is 0 Å². The lowest BCUT2D eigenvalue weighted by atomic mass is 9.56. The van der Waals surface area contributed by atoms with Gasteiger partial charge in [0.25, 0.3) is 0 Å². The zero-order valence-corrected chi connectivity index (χ0v) is 14.9. The highest BCUT2D eigenvalue weighted by Crippen LogP contribution is 2.52. The van der Waals surface area contributed by atoms with Crippen molar-refractivity contribution >= 4 is 0 Å². The molecule has 130 valence electrons. The third kappa shape index (κ3) is 2.32. The zero-order chi connectivity index (χ0) is 16.1. The third-order valence-electron chi connectivity index (χ3n) is 7.27. The van der Waals surface area contributed by atoms with Gasteiger partial charge >= 0.3 is 0 Å². The lowest BCUT2D eigenvalue weighted by Crippen LogP contribution is -2.62. The monoisotopic (exact) mass is 326 g/mol. The normalized spacial score (nSPS) is 35.7. The fraction of sp³-hybridized carbons (Fsp3) is 0.714. The lowest BCUT2D eigenvalue weighted by Gasteiger charge is -2.56. The molecule has 3 fully saturated rings. The van der Waals surface area contributed by atoms with Gasteiger partial charge in [-0.1, -0.05) is 6.07 Å². The summed E-state index contributed by atoms with van der Waals surface area (Å²) in [5.41, 5.74) is 3.52.